The zero-order valence-corrected chi connectivity index (χ0v) is 10.9. The number of aliphatic carboxylic acids is 1. The summed E-state index contributed by atoms with van der Waals surface area (Å²) in [5, 5.41) is 20.2. The van der Waals surface area contributed by atoms with Crippen molar-refractivity contribution in [1.82, 2.24) is 5.32 Å². The smallest absolute Gasteiger partial charge is 0.307 e. The Bertz CT molecular complexity index is 445. The molecule has 0 saturated heterocycles. The third-order valence-electron chi connectivity index (χ3n) is 2.94. The number of nitrogens with one attached hydrogen (secondary N) is 1. The summed E-state index contributed by atoms with van der Waals surface area (Å²) in [6, 6.07) is 7.53. The van der Waals surface area contributed by atoms with Crippen molar-refractivity contribution in [1.29, 1.82) is 0 Å². The molecule has 5 nitrogen and oxygen atoms in total. The Morgan fingerprint density at radius 2 is 2.00 bits per heavy atom. The summed E-state index contributed by atoms with van der Waals surface area (Å²) in [5.41, 5.74) is 1.95. The minimum absolute atomic E-state index is 0.0797. The van der Waals surface area contributed by atoms with Crippen LogP contribution < -0.4 is 5.32 Å². The predicted molar refractivity (Wildman–Crippen MR) is 70.7 cm³/mol. The molecule has 1 rings (SSSR count). The van der Waals surface area contributed by atoms with Crippen LogP contribution in [0.1, 0.15) is 17.5 Å². The molecule has 5 heteroatoms. The van der Waals surface area contributed by atoms with Gasteiger partial charge in [0.15, 0.2) is 0 Å². The quantitative estimate of drug-likeness (QED) is 0.678. The molecule has 0 saturated carbocycles. The van der Waals surface area contributed by atoms with E-state index >= 15 is 0 Å². The first-order valence-electron chi connectivity index (χ1n) is 6.19. The third kappa shape index (κ3) is 5.09. The molecule has 1 aromatic rings. The van der Waals surface area contributed by atoms with E-state index < -0.39 is 11.9 Å². The van der Waals surface area contributed by atoms with E-state index in [2.05, 4.69) is 5.32 Å². The van der Waals surface area contributed by atoms with Gasteiger partial charge in [-0.2, -0.15) is 0 Å². The number of aryl methyl sites for hydroxylation is 1. The van der Waals surface area contributed by atoms with Crippen molar-refractivity contribution >= 4 is 11.9 Å². The molecule has 0 aliphatic heterocycles. The Morgan fingerprint density at radius 1 is 1.32 bits per heavy atom. The largest absolute Gasteiger partial charge is 0.481 e. The maximum atomic E-state index is 11.5. The van der Waals surface area contributed by atoms with E-state index in [0.29, 0.717) is 6.42 Å². The summed E-state index contributed by atoms with van der Waals surface area (Å²) in [6.07, 6.45) is 0.248. The Hall–Kier alpha value is -1.88. The minimum atomic E-state index is -0.984. The Labute approximate surface area is 112 Å². The number of carbonyl (C=O) groups is 2. The molecule has 0 aliphatic rings. The van der Waals surface area contributed by atoms with Crippen molar-refractivity contribution in [2.75, 3.05) is 13.2 Å². The van der Waals surface area contributed by atoms with E-state index in [4.69, 9.17) is 5.11 Å². The number of carbonyl (C=O) groups excluding carboxylic acids is 1. The van der Waals surface area contributed by atoms with Crippen molar-refractivity contribution in [3.8, 4) is 0 Å². The van der Waals surface area contributed by atoms with Crippen molar-refractivity contribution in [2.24, 2.45) is 5.92 Å². The summed E-state index contributed by atoms with van der Waals surface area (Å²) in [7, 11) is 0. The number of hydrogen-bond donors (Lipinski definition) is 3. The molecule has 104 valence electrons. The van der Waals surface area contributed by atoms with Gasteiger partial charge in [0.1, 0.15) is 0 Å². The van der Waals surface area contributed by atoms with Crippen LogP contribution in [0.3, 0.4) is 0 Å². The molecule has 1 amide bonds. The lowest BCUT2D eigenvalue weighted by atomic mass is 9.93. The highest BCUT2D eigenvalue weighted by atomic mass is 16.4. The molecule has 0 radical (unpaired) electrons. The number of aliphatic hydroxyl groups is 1. The number of aliphatic hydroxyl groups excluding tert-OH is 1. The van der Waals surface area contributed by atoms with E-state index in [1.165, 1.54) is 0 Å². The van der Waals surface area contributed by atoms with Crippen LogP contribution in [-0.2, 0) is 16.0 Å². The van der Waals surface area contributed by atoms with Crippen LogP contribution in [0, 0.1) is 12.8 Å². The highest BCUT2D eigenvalue weighted by molar-refractivity contribution is 5.82. The number of amides is 1. The van der Waals surface area contributed by atoms with Crippen LogP contribution >= 0.6 is 0 Å². The summed E-state index contributed by atoms with van der Waals surface area (Å²) in [4.78, 5) is 22.7. The van der Waals surface area contributed by atoms with Gasteiger partial charge in [0.05, 0.1) is 12.5 Å². The zero-order valence-electron chi connectivity index (χ0n) is 10.9. The number of benzene rings is 1. The van der Waals surface area contributed by atoms with Crippen molar-refractivity contribution in [3.63, 3.8) is 0 Å². The van der Waals surface area contributed by atoms with Gasteiger partial charge in [-0.05, 0) is 24.5 Å². The zero-order chi connectivity index (χ0) is 14.3. The average molecular weight is 265 g/mol. The van der Waals surface area contributed by atoms with Crippen molar-refractivity contribution in [3.05, 3.63) is 35.4 Å². The fourth-order valence-electron chi connectivity index (χ4n) is 1.84. The number of rotatable bonds is 7. The molecule has 1 aromatic carbocycles. The van der Waals surface area contributed by atoms with Gasteiger partial charge in [-0.3, -0.25) is 9.59 Å². The molecule has 0 fully saturated rings. The summed E-state index contributed by atoms with van der Waals surface area (Å²) in [6.45, 7) is 1.91. The van der Waals surface area contributed by atoms with E-state index in [0.717, 1.165) is 11.1 Å². The van der Waals surface area contributed by atoms with Gasteiger partial charge in [0.25, 0.3) is 0 Å². The fraction of sp³-hybridized carbons (Fsp3) is 0.429. The second-order valence-electron chi connectivity index (χ2n) is 4.44. The van der Waals surface area contributed by atoms with Crippen LogP contribution in [0.5, 0.6) is 0 Å². The van der Waals surface area contributed by atoms with E-state index in [9.17, 15) is 14.7 Å². The number of hydrogen-bond acceptors (Lipinski definition) is 3. The molecule has 19 heavy (non-hydrogen) atoms. The van der Waals surface area contributed by atoms with Crippen LogP contribution in [0.25, 0.3) is 0 Å². The SMILES string of the molecule is Cc1ccccc1CC(CC(=O)NCCO)C(=O)O. The number of carboxylic acid groups (broad SMARTS) is 1. The van der Waals surface area contributed by atoms with Crippen LogP contribution in [0.2, 0.25) is 0 Å². The third-order valence-corrected chi connectivity index (χ3v) is 2.94. The molecule has 0 aromatic heterocycles. The normalized spacial score (nSPS) is 11.9. The van der Waals surface area contributed by atoms with Gasteiger partial charge < -0.3 is 15.5 Å². The molecular weight excluding hydrogens is 246 g/mol. The topological polar surface area (TPSA) is 86.6 Å². The van der Waals surface area contributed by atoms with E-state index in [1.807, 2.05) is 31.2 Å². The lowest BCUT2D eigenvalue weighted by Crippen LogP contribution is -2.31. The molecule has 0 heterocycles. The highest BCUT2D eigenvalue weighted by Gasteiger charge is 2.22. The predicted octanol–water partition coefficient (Wildman–Crippen LogP) is 0.737. The lowest BCUT2D eigenvalue weighted by molar-refractivity contribution is -0.144. The van der Waals surface area contributed by atoms with Gasteiger partial charge in [-0.1, -0.05) is 24.3 Å². The summed E-state index contributed by atoms with van der Waals surface area (Å²) in [5.74, 6) is -2.09. The van der Waals surface area contributed by atoms with Crippen LogP contribution in [-0.4, -0.2) is 35.2 Å². The maximum Gasteiger partial charge on any atom is 0.307 e. The monoisotopic (exact) mass is 265 g/mol. The molecular formula is C14H19NO4. The van der Waals surface area contributed by atoms with Crippen molar-refractivity contribution in [2.45, 2.75) is 19.8 Å². The van der Waals surface area contributed by atoms with Gasteiger partial charge >= 0.3 is 5.97 Å². The highest BCUT2D eigenvalue weighted by Crippen LogP contribution is 2.16. The molecule has 1 atom stereocenters. The van der Waals surface area contributed by atoms with Gasteiger partial charge in [-0.25, -0.2) is 0 Å². The first kappa shape index (κ1) is 15.2. The second-order valence-corrected chi connectivity index (χ2v) is 4.44. The maximum absolute atomic E-state index is 11.5. The van der Waals surface area contributed by atoms with Gasteiger partial charge in [0, 0.05) is 13.0 Å². The molecule has 3 N–H and O–H groups in total. The Morgan fingerprint density at radius 3 is 2.58 bits per heavy atom. The molecule has 1 unspecified atom stereocenters. The molecule has 0 aliphatic carbocycles. The summed E-state index contributed by atoms with van der Waals surface area (Å²) < 4.78 is 0. The number of carboxylic acids is 1. The summed E-state index contributed by atoms with van der Waals surface area (Å²) >= 11 is 0. The molecule has 0 bridgehead atoms. The van der Waals surface area contributed by atoms with Crippen LogP contribution in [0.4, 0.5) is 0 Å². The first-order valence-corrected chi connectivity index (χ1v) is 6.19. The lowest BCUT2D eigenvalue weighted by Gasteiger charge is -2.13. The van der Waals surface area contributed by atoms with E-state index in [1.54, 1.807) is 0 Å². The molecule has 0 spiro atoms. The Balaban J connectivity index is 2.66. The van der Waals surface area contributed by atoms with E-state index in [-0.39, 0.29) is 25.5 Å². The average Bonchev–Trinajstić information content (AvgIpc) is 2.38. The Kier molecular flexibility index (Phi) is 6.02. The fourth-order valence-corrected chi connectivity index (χ4v) is 1.84. The van der Waals surface area contributed by atoms with Crippen molar-refractivity contribution < 1.29 is 19.8 Å². The second kappa shape index (κ2) is 7.53. The van der Waals surface area contributed by atoms with Gasteiger partial charge in [0.2, 0.25) is 5.91 Å². The van der Waals surface area contributed by atoms with Crippen LogP contribution in [0.15, 0.2) is 24.3 Å². The standard InChI is InChI=1S/C14H19NO4/c1-10-4-2-3-5-11(10)8-12(14(18)19)9-13(17)15-6-7-16/h2-5,12,16H,6-9H2,1H3,(H,15,17)(H,18,19). The van der Waals surface area contributed by atoms with Gasteiger partial charge in [-0.15, -0.1) is 0 Å². The first-order chi connectivity index (χ1) is 9.04. The minimum Gasteiger partial charge on any atom is -0.481 e.